The van der Waals surface area contributed by atoms with Crippen LogP contribution in [0.3, 0.4) is 0 Å². The van der Waals surface area contributed by atoms with Gasteiger partial charge in [-0.15, -0.1) is 0 Å². The average molecular weight is 222 g/mol. The van der Waals surface area contributed by atoms with Gasteiger partial charge in [0.05, 0.1) is 5.69 Å². The van der Waals surface area contributed by atoms with Gasteiger partial charge in [-0.2, -0.15) is 0 Å². The third-order valence-electron chi connectivity index (χ3n) is 3.11. The molecule has 4 nitrogen and oxygen atoms in total. The zero-order chi connectivity index (χ0) is 11.5. The van der Waals surface area contributed by atoms with Gasteiger partial charge in [0.2, 0.25) is 0 Å². The highest BCUT2D eigenvalue weighted by molar-refractivity contribution is 5.42. The predicted octanol–water partition coefficient (Wildman–Crippen LogP) is 0.956. The Morgan fingerprint density at radius 1 is 1.50 bits per heavy atom. The largest absolute Gasteiger partial charge is 0.394 e. The summed E-state index contributed by atoms with van der Waals surface area (Å²) in [5.41, 5.74) is 8.48. The number of nitrogens with zero attached hydrogens (tertiary/aromatic N) is 1. The molecule has 1 aliphatic rings. The zero-order valence-electron chi connectivity index (χ0n) is 9.66. The Morgan fingerprint density at radius 2 is 2.31 bits per heavy atom. The van der Waals surface area contributed by atoms with Gasteiger partial charge in [0, 0.05) is 26.0 Å². The number of methoxy groups -OCH3 is 1. The van der Waals surface area contributed by atoms with Gasteiger partial charge < -0.3 is 15.0 Å². The van der Waals surface area contributed by atoms with Crippen LogP contribution in [0.2, 0.25) is 0 Å². The maximum absolute atomic E-state index is 11.9. The first-order valence-electron chi connectivity index (χ1n) is 5.74. The molecule has 0 unspecified atom stereocenters. The molecule has 0 saturated heterocycles. The molecule has 1 heterocycles. The van der Waals surface area contributed by atoms with Crippen molar-refractivity contribution in [3.05, 3.63) is 27.7 Å². The highest BCUT2D eigenvalue weighted by Crippen LogP contribution is 2.21. The second kappa shape index (κ2) is 4.70. The summed E-state index contributed by atoms with van der Waals surface area (Å²) in [4.78, 5) is 11.9. The van der Waals surface area contributed by atoms with Crippen molar-refractivity contribution < 1.29 is 4.74 Å². The maximum atomic E-state index is 11.9. The number of pyridine rings is 1. The Kier molecular flexibility index (Phi) is 3.29. The van der Waals surface area contributed by atoms with Crippen molar-refractivity contribution in [2.24, 2.45) is 0 Å². The van der Waals surface area contributed by atoms with Crippen molar-refractivity contribution >= 4 is 5.69 Å². The van der Waals surface area contributed by atoms with E-state index in [1.54, 1.807) is 7.11 Å². The van der Waals surface area contributed by atoms with Crippen molar-refractivity contribution in [3.63, 3.8) is 0 Å². The van der Waals surface area contributed by atoms with E-state index in [2.05, 4.69) is 0 Å². The standard InChI is InChI=1S/C12H18N2O2/c1-16-7-3-6-14-11-5-2-4-9(11)8-10(13)12(14)15/h8H,2-7,13H2,1H3. The molecule has 16 heavy (non-hydrogen) atoms. The number of nitrogens with two attached hydrogens (primary N) is 1. The van der Waals surface area contributed by atoms with Gasteiger partial charge in [0.1, 0.15) is 0 Å². The van der Waals surface area contributed by atoms with E-state index >= 15 is 0 Å². The Hall–Kier alpha value is -1.29. The Morgan fingerprint density at radius 3 is 3.06 bits per heavy atom. The van der Waals surface area contributed by atoms with E-state index in [0.29, 0.717) is 18.8 Å². The monoisotopic (exact) mass is 222 g/mol. The fourth-order valence-corrected chi connectivity index (χ4v) is 2.35. The summed E-state index contributed by atoms with van der Waals surface area (Å²) in [6, 6.07) is 1.84. The quantitative estimate of drug-likeness (QED) is 0.772. The van der Waals surface area contributed by atoms with E-state index in [9.17, 15) is 4.79 Å². The molecular formula is C12H18N2O2. The molecular weight excluding hydrogens is 204 g/mol. The number of nitrogen functional groups attached to an aromatic ring is 1. The van der Waals surface area contributed by atoms with Crippen LogP contribution >= 0.6 is 0 Å². The highest BCUT2D eigenvalue weighted by atomic mass is 16.5. The molecule has 0 amide bonds. The van der Waals surface area contributed by atoms with Crippen LogP contribution in [-0.4, -0.2) is 18.3 Å². The first-order chi connectivity index (χ1) is 7.74. The summed E-state index contributed by atoms with van der Waals surface area (Å²) in [5, 5.41) is 0. The summed E-state index contributed by atoms with van der Waals surface area (Å²) in [6.07, 6.45) is 4.02. The van der Waals surface area contributed by atoms with Crippen LogP contribution in [0.1, 0.15) is 24.1 Å². The van der Waals surface area contributed by atoms with Crippen LogP contribution in [-0.2, 0) is 24.1 Å². The molecule has 2 N–H and O–H groups in total. The summed E-state index contributed by atoms with van der Waals surface area (Å²) >= 11 is 0. The van der Waals surface area contributed by atoms with Crippen LogP contribution in [0.5, 0.6) is 0 Å². The van der Waals surface area contributed by atoms with Gasteiger partial charge in [-0.05, 0) is 37.3 Å². The Labute approximate surface area is 95.0 Å². The topological polar surface area (TPSA) is 57.2 Å². The minimum absolute atomic E-state index is 0.0447. The fourth-order valence-electron chi connectivity index (χ4n) is 2.35. The molecule has 1 aromatic heterocycles. The third-order valence-corrected chi connectivity index (χ3v) is 3.11. The molecule has 0 atom stereocenters. The summed E-state index contributed by atoms with van der Waals surface area (Å²) in [5.74, 6) is 0. The SMILES string of the molecule is COCCCn1c2c(cc(N)c1=O)CCC2. The number of ether oxygens (including phenoxy) is 1. The van der Waals surface area contributed by atoms with Crippen LogP contribution in [0, 0.1) is 0 Å². The number of fused-ring (bicyclic) bond motifs is 1. The van der Waals surface area contributed by atoms with Crippen molar-refractivity contribution in [2.75, 3.05) is 19.5 Å². The first-order valence-corrected chi connectivity index (χ1v) is 5.74. The molecule has 0 aromatic carbocycles. The number of rotatable bonds is 4. The molecule has 0 fully saturated rings. The number of aromatic nitrogens is 1. The minimum atomic E-state index is -0.0447. The van der Waals surface area contributed by atoms with Gasteiger partial charge in [-0.3, -0.25) is 4.79 Å². The fraction of sp³-hybridized carbons (Fsp3) is 0.583. The molecule has 0 bridgehead atoms. The lowest BCUT2D eigenvalue weighted by atomic mass is 10.2. The second-order valence-electron chi connectivity index (χ2n) is 4.23. The van der Waals surface area contributed by atoms with Crippen LogP contribution in [0.4, 0.5) is 5.69 Å². The lowest BCUT2D eigenvalue weighted by Crippen LogP contribution is -2.26. The molecule has 2 rings (SSSR count). The van der Waals surface area contributed by atoms with Crippen LogP contribution in [0.25, 0.3) is 0 Å². The average Bonchev–Trinajstić information content (AvgIpc) is 2.71. The number of anilines is 1. The zero-order valence-corrected chi connectivity index (χ0v) is 9.66. The number of aryl methyl sites for hydroxylation is 1. The molecule has 0 radical (unpaired) electrons. The minimum Gasteiger partial charge on any atom is -0.394 e. The van der Waals surface area contributed by atoms with Crippen molar-refractivity contribution in [1.29, 1.82) is 0 Å². The molecule has 88 valence electrons. The van der Waals surface area contributed by atoms with E-state index in [4.69, 9.17) is 10.5 Å². The van der Waals surface area contributed by atoms with Crippen LogP contribution < -0.4 is 11.3 Å². The van der Waals surface area contributed by atoms with Gasteiger partial charge in [0.25, 0.3) is 5.56 Å². The highest BCUT2D eigenvalue weighted by Gasteiger charge is 2.17. The summed E-state index contributed by atoms with van der Waals surface area (Å²) < 4.78 is 6.84. The smallest absolute Gasteiger partial charge is 0.273 e. The van der Waals surface area contributed by atoms with Crippen molar-refractivity contribution in [2.45, 2.75) is 32.2 Å². The van der Waals surface area contributed by atoms with E-state index in [0.717, 1.165) is 25.7 Å². The molecule has 0 spiro atoms. The molecule has 4 heteroatoms. The predicted molar refractivity (Wildman–Crippen MR) is 63.6 cm³/mol. The number of hydrogen-bond donors (Lipinski definition) is 1. The lowest BCUT2D eigenvalue weighted by molar-refractivity contribution is 0.189. The molecule has 0 aliphatic heterocycles. The maximum Gasteiger partial charge on any atom is 0.273 e. The molecule has 1 aliphatic carbocycles. The van der Waals surface area contributed by atoms with Gasteiger partial charge in [0.15, 0.2) is 0 Å². The van der Waals surface area contributed by atoms with E-state index in [-0.39, 0.29) is 5.56 Å². The first kappa shape index (κ1) is 11.2. The Balaban J connectivity index is 2.31. The normalized spacial score (nSPS) is 14.1. The lowest BCUT2D eigenvalue weighted by Gasteiger charge is -2.12. The van der Waals surface area contributed by atoms with Gasteiger partial charge in [-0.25, -0.2) is 0 Å². The van der Waals surface area contributed by atoms with Crippen molar-refractivity contribution in [3.8, 4) is 0 Å². The van der Waals surface area contributed by atoms with Gasteiger partial charge in [-0.1, -0.05) is 0 Å². The van der Waals surface area contributed by atoms with Crippen LogP contribution in [0.15, 0.2) is 10.9 Å². The molecule has 0 saturated carbocycles. The van der Waals surface area contributed by atoms with E-state index in [1.165, 1.54) is 11.3 Å². The third kappa shape index (κ3) is 1.97. The van der Waals surface area contributed by atoms with E-state index in [1.807, 2.05) is 10.6 Å². The van der Waals surface area contributed by atoms with Gasteiger partial charge >= 0.3 is 0 Å². The molecule has 1 aromatic rings. The summed E-state index contributed by atoms with van der Waals surface area (Å²) in [7, 11) is 1.67. The number of hydrogen-bond acceptors (Lipinski definition) is 3. The van der Waals surface area contributed by atoms with Crippen molar-refractivity contribution in [1.82, 2.24) is 4.57 Å². The second-order valence-corrected chi connectivity index (χ2v) is 4.23. The Bertz CT molecular complexity index is 437. The summed E-state index contributed by atoms with van der Waals surface area (Å²) in [6.45, 7) is 1.38. The van der Waals surface area contributed by atoms with E-state index < -0.39 is 0 Å².